The molecule has 0 fully saturated rings. The molecule has 0 bridgehead atoms. The van der Waals surface area contributed by atoms with Crippen molar-refractivity contribution in [3.63, 3.8) is 0 Å². The number of carbonyl (C=O) groups excluding carboxylic acids is 1. The smallest absolute Gasteiger partial charge is 0.255 e. The summed E-state index contributed by atoms with van der Waals surface area (Å²) in [7, 11) is 0. The molecule has 4 rings (SSSR count). The lowest BCUT2D eigenvalue weighted by molar-refractivity contribution is 0.102. The Bertz CT molecular complexity index is 1230. The molecule has 0 aliphatic carbocycles. The summed E-state index contributed by atoms with van der Waals surface area (Å²) in [6.45, 7) is 6.91. The summed E-state index contributed by atoms with van der Waals surface area (Å²) in [5.41, 5.74) is 6.28. The van der Waals surface area contributed by atoms with Gasteiger partial charge in [-0.2, -0.15) is 0 Å². The monoisotopic (exact) mass is 427 g/mol. The van der Waals surface area contributed by atoms with Crippen molar-refractivity contribution in [1.29, 1.82) is 0 Å². The number of ether oxygens (including phenoxy) is 1. The number of aromatic nitrogens is 2. The average molecular weight is 428 g/mol. The maximum atomic E-state index is 12.8. The number of pyridine rings is 1. The highest BCUT2D eigenvalue weighted by atomic mass is 16.5. The van der Waals surface area contributed by atoms with Gasteiger partial charge in [0, 0.05) is 29.2 Å². The van der Waals surface area contributed by atoms with Gasteiger partial charge in [-0.25, -0.2) is 4.98 Å². The number of nitrogens with one attached hydrogen (secondary N) is 1. The molecule has 0 atom stereocenters. The van der Waals surface area contributed by atoms with Gasteiger partial charge in [-0.15, -0.1) is 0 Å². The van der Waals surface area contributed by atoms with Crippen molar-refractivity contribution in [2.24, 2.45) is 0 Å². The number of carbonyl (C=O) groups is 1. The Labute approximate surface area is 189 Å². The number of hydrogen-bond acceptors (Lipinski definition) is 3. The fourth-order valence-electron chi connectivity index (χ4n) is 3.58. The Balaban J connectivity index is 1.48. The van der Waals surface area contributed by atoms with Crippen LogP contribution in [-0.4, -0.2) is 21.9 Å². The molecule has 32 heavy (non-hydrogen) atoms. The van der Waals surface area contributed by atoms with Crippen LogP contribution in [0.4, 0.5) is 5.69 Å². The number of hydrogen-bond donors (Lipinski definition) is 1. The van der Waals surface area contributed by atoms with Crippen LogP contribution >= 0.6 is 0 Å². The number of rotatable bonds is 8. The van der Waals surface area contributed by atoms with Crippen LogP contribution in [0.25, 0.3) is 16.9 Å². The predicted octanol–water partition coefficient (Wildman–Crippen LogP) is 6.44. The zero-order valence-electron chi connectivity index (χ0n) is 18.9. The van der Waals surface area contributed by atoms with Crippen molar-refractivity contribution in [2.75, 3.05) is 11.9 Å². The number of anilines is 1. The first-order valence-corrected chi connectivity index (χ1v) is 11.1. The van der Waals surface area contributed by atoms with E-state index < -0.39 is 0 Å². The van der Waals surface area contributed by atoms with Crippen LogP contribution in [-0.2, 0) is 0 Å². The second-order valence-corrected chi connectivity index (χ2v) is 8.16. The highest BCUT2D eigenvalue weighted by Gasteiger charge is 2.11. The molecule has 0 saturated heterocycles. The molecule has 0 aliphatic rings. The molecule has 1 amide bonds. The van der Waals surface area contributed by atoms with Gasteiger partial charge < -0.3 is 14.5 Å². The lowest BCUT2D eigenvalue weighted by Gasteiger charge is -2.11. The lowest BCUT2D eigenvalue weighted by atomic mass is 10.1. The van der Waals surface area contributed by atoms with Crippen molar-refractivity contribution >= 4 is 17.2 Å². The zero-order chi connectivity index (χ0) is 22.5. The quantitative estimate of drug-likeness (QED) is 0.329. The van der Waals surface area contributed by atoms with Gasteiger partial charge in [0.2, 0.25) is 0 Å². The molecule has 2 aromatic carbocycles. The summed E-state index contributed by atoms with van der Waals surface area (Å²) in [5, 5.41) is 3.04. The second-order valence-electron chi connectivity index (χ2n) is 8.16. The SMILES string of the molecule is CCCCCOc1ccc(C(=O)Nc2cc(-c3cn4ccc(C)cc4n3)ccc2C)cc1. The van der Waals surface area contributed by atoms with Crippen molar-refractivity contribution in [3.05, 3.63) is 83.7 Å². The summed E-state index contributed by atoms with van der Waals surface area (Å²) in [6.07, 6.45) is 7.38. The van der Waals surface area contributed by atoms with Crippen LogP contribution in [0.2, 0.25) is 0 Å². The Kier molecular flexibility index (Phi) is 6.55. The molecular formula is C27H29N3O2. The lowest BCUT2D eigenvalue weighted by Crippen LogP contribution is -2.12. The normalized spacial score (nSPS) is 11.0. The van der Waals surface area contributed by atoms with E-state index in [1.165, 1.54) is 12.0 Å². The second kappa shape index (κ2) is 9.69. The fraction of sp³-hybridized carbons (Fsp3) is 0.259. The predicted molar refractivity (Wildman–Crippen MR) is 130 cm³/mol. The van der Waals surface area contributed by atoms with Crippen LogP contribution < -0.4 is 10.1 Å². The van der Waals surface area contributed by atoms with Crippen molar-refractivity contribution in [1.82, 2.24) is 9.38 Å². The van der Waals surface area contributed by atoms with Crippen LogP contribution in [0.1, 0.15) is 47.7 Å². The number of unbranched alkanes of at least 4 members (excludes halogenated alkanes) is 2. The van der Waals surface area contributed by atoms with E-state index in [4.69, 9.17) is 9.72 Å². The first kappa shape index (κ1) is 21.6. The van der Waals surface area contributed by atoms with E-state index in [-0.39, 0.29) is 5.91 Å². The fourth-order valence-corrected chi connectivity index (χ4v) is 3.58. The molecule has 5 nitrogen and oxygen atoms in total. The molecule has 0 spiro atoms. The van der Waals surface area contributed by atoms with Gasteiger partial charge in [0.15, 0.2) is 0 Å². The van der Waals surface area contributed by atoms with Gasteiger partial charge in [-0.05, 0) is 73.9 Å². The van der Waals surface area contributed by atoms with Crippen molar-refractivity contribution in [2.45, 2.75) is 40.0 Å². The average Bonchev–Trinajstić information content (AvgIpc) is 3.22. The molecule has 0 aliphatic heterocycles. The third kappa shape index (κ3) is 4.99. The third-order valence-electron chi connectivity index (χ3n) is 5.53. The maximum absolute atomic E-state index is 12.8. The van der Waals surface area contributed by atoms with E-state index in [1.807, 2.05) is 54.0 Å². The maximum Gasteiger partial charge on any atom is 0.255 e. The number of amides is 1. The highest BCUT2D eigenvalue weighted by Crippen LogP contribution is 2.26. The Morgan fingerprint density at radius 2 is 1.84 bits per heavy atom. The number of imidazole rings is 1. The first-order valence-electron chi connectivity index (χ1n) is 11.1. The summed E-state index contributed by atoms with van der Waals surface area (Å²) in [6, 6.07) is 17.4. The van der Waals surface area contributed by atoms with Gasteiger partial charge in [-0.1, -0.05) is 31.9 Å². The standard InChI is InChI=1S/C27H29N3O2/c1-4-5-6-15-32-23-11-9-21(10-12-23)27(31)29-24-17-22(8-7-20(24)3)25-18-30-14-13-19(2)16-26(30)28-25/h7-14,16-18H,4-6,15H2,1-3H3,(H,29,31). The van der Waals surface area contributed by atoms with E-state index in [9.17, 15) is 4.79 Å². The minimum atomic E-state index is -0.145. The highest BCUT2D eigenvalue weighted by molar-refractivity contribution is 6.05. The summed E-state index contributed by atoms with van der Waals surface area (Å²) in [5.74, 6) is 0.645. The molecular weight excluding hydrogens is 398 g/mol. The van der Waals surface area contributed by atoms with Crippen LogP contribution in [0.15, 0.2) is 67.0 Å². The Hall–Kier alpha value is -3.60. The first-order chi connectivity index (χ1) is 15.5. The molecule has 2 aromatic heterocycles. The van der Waals surface area contributed by atoms with E-state index in [2.05, 4.69) is 31.3 Å². The van der Waals surface area contributed by atoms with E-state index in [1.54, 1.807) is 12.1 Å². The Morgan fingerprint density at radius 3 is 2.62 bits per heavy atom. The summed E-state index contributed by atoms with van der Waals surface area (Å²) < 4.78 is 7.74. The molecule has 5 heteroatoms. The number of nitrogens with zero attached hydrogens (tertiary/aromatic N) is 2. The number of fused-ring (bicyclic) bond motifs is 1. The Morgan fingerprint density at radius 1 is 1.03 bits per heavy atom. The van der Waals surface area contributed by atoms with Crippen molar-refractivity contribution in [3.8, 4) is 17.0 Å². The van der Waals surface area contributed by atoms with Gasteiger partial charge in [0.05, 0.1) is 12.3 Å². The summed E-state index contributed by atoms with van der Waals surface area (Å²) in [4.78, 5) is 17.6. The van der Waals surface area contributed by atoms with Gasteiger partial charge in [0.25, 0.3) is 5.91 Å². The summed E-state index contributed by atoms with van der Waals surface area (Å²) >= 11 is 0. The van der Waals surface area contributed by atoms with Gasteiger partial charge in [0.1, 0.15) is 11.4 Å². The minimum Gasteiger partial charge on any atom is -0.494 e. The van der Waals surface area contributed by atoms with Gasteiger partial charge in [-0.3, -0.25) is 4.79 Å². The topological polar surface area (TPSA) is 55.6 Å². The largest absolute Gasteiger partial charge is 0.494 e. The van der Waals surface area contributed by atoms with Crippen molar-refractivity contribution < 1.29 is 9.53 Å². The number of aryl methyl sites for hydroxylation is 2. The van der Waals surface area contributed by atoms with Crippen LogP contribution in [0.5, 0.6) is 5.75 Å². The molecule has 4 aromatic rings. The molecule has 2 heterocycles. The number of benzene rings is 2. The zero-order valence-corrected chi connectivity index (χ0v) is 18.9. The molecule has 1 N–H and O–H groups in total. The molecule has 0 unspecified atom stereocenters. The van der Waals surface area contributed by atoms with E-state index in [0.717, 1.165) is 46.7 Å². The van der Waals surface area contributed by atoms with E-state index >= 15 is 0 Å². The molecule has 164 valence electrons. The minimum absolute atomic E-state index is 0.145. The van der Waals surface area contributed by atoms with Crippen LogP contribution in [0, 0.1) is 13.8 Å². The third-order valence-corrected chi connectivity index (χ3v) is 5.53. The molecule has 0 saturated carbocycles. The van der Waals surface area contributed by atoms with Crippen LogP contribution in [0.3, 0.4) is 0 Å². The molecule has 0 radical (unpaired) electrons. The van der Waals surface area contributed by atoms with Gasteiger partial charge >= 0.3 is 0 Å². The van der Waals surface area contributed by atoms with E-state index in [0.29, 0.717) is 12.2 Å².